The highest BCUT2D eigenvalue weighted by molar-refractivity contribution is 6.30. The van der Waals surface area contributed by atoms with Crippen molar-refractivity contribution >= 4 is 17.3 Å². The number of hydrogen-bond acceptors (Lipinski definition) is 4. The molecule has 0 saturated heterocycles. The maximum atomic E-state index is 12.7. The van der Waals surface area contributed by atoms with Gasteiger partial charge < -0.3 is 0 Å². The minimum Gasteiger partial charge on any atom is -0.294 e. The summed E-state index contributed by atoms with van der Waals surface area (Å²) in [7, 11) is 0. The normalized spacial score (nSPS) is 16.3. The lowest BCUT2D eigenvalue weighted by Gasteiger charge is -2.23. The quantitative estimate of drug-likeness (QED) is 0.633. The predicted octanol–water partition coefficient (Wildman–Crippen LogP) is 2.38. The van der Waals surface area contributed by atoms with E-state index in [-0.39, 0.29) is 28.6 Å². The maximum absolute atomic E-state index is 12.7. The van der Waals surface area contributed by atoms with Crippen LogP contribution < -0.4 is 0 Å². The molecule has 0 aliphatic heterocycles. The molecule has 102 valence electrons. The van der Waals surface area contributed by atoms with Crippen LogP contribution in [-0.2, 0) is 6.42 Å². The Morgan fingerprint density at radius 1 is 0.857 bits per heavy atom. The summed E-state index contributed by atoms with van der Waals surface area (Å²) in [4.78, 5) is 41.7. The van der Waals surface area contributed by atoms with E-state index >= 15 is 0 Å². The monoisotopic (exact) mass is 277 g/mol. The summed E-state index contributed by atoms with van der Waals surface area (Å²) in [5.41, 5.74) is 2.26. The molecule has 0 N–H and O–H groups in total. The van der Waals surface area contributed by atoms with Crippen molar-refractivity contribution in [2.75, 3.05) is 0 Å². The van der Waals surface area contributed by atoms with E-state index in [9.17, 15) is 14.4 Å². The molecule has 0 bridgehead atoms. The van der Waals surface area contributed by atoms with Crippen LogP contribution in [0.4, 0.5) is 0 Å². The summed E-state index contributed by atoms with van der Waals surface area (Å²) in [6, 6.07) is 6.70. The fourth-order valence-electron chi connectivity index (χ4n) is 3.16. The van der Waals surface area contributed by atoms with Gasteiger partial charge >= 0.3 is 0 Å². The summed E-state index contributed by atoms with van der Waals surface area (Å²) in [5, 5.41) is 0. The summed E-state index contributed by atoms with van der Waals surface area (Å²) < 4.78 is 0. The fourth-order valence-corrected chi connectivity index (χ4v) is 3.16. The summed E-state index contributed by atoms with van der Waals surface area (Å²) in [6.45, 7) is 0. The number of Topliss-reactive ketones (excluding diaryl/α,β-unsaturated/α-hetero) is 1. The molecule has 2 aliphatic carbocycles. The number of carbonyl (C=O) groups excluding carboxylic acids is 3. The number of rotatable bonds is 0. The molecule has 0 fully saturated rings. The van der Waals surface area contributed by atoms with Gasteiger partial charge in [-0.05, 0) is 18.4 Å². The lowest BCUT2D eigenvalue weighted by Crippen LogP contribution is -2.27. The fraction of sp³-hybridized carbons (Fsp3) is 0.176. The molecule has 1 aromatic carbocycles. The van der Waals surface area contributed by atoms with Crippen molar-refractivity contribution in [1.29, 1.82) is 0 Å². The van der Waals surface area contributed by atoms with E-state index in [1.165, 1.54) is 0 Å². The number of nitrogens with zero attached hydrogens (tertiary/aromatic N) is 1. The first-order valence-electron chi connectivity index (χ1n) is 6.92. The average molecular weight is 277 g/mol. The number of aromatic nitrogens is 1. The third-order valence-corrected chi connectivity index (χ3v) is 4.14. The molecule has 1 aromatic heterocycles. The van der Waals surface area contributed by atoms with Crippen LogP contribution in [0.25, 0.3) is 0 Å². The zero-order valence-corrected chi connectivity index (χ0v) is 11.2. The van der Waals surface area contributed by atoms with Gasteiger partial charge in [-0.3, -0.25) is 19.4 Å². The highest BCUT2D eigenvalue weighted by Crippen LogP contribution is 2.32. The first-order valence-corrected chi connectivity index (χ1v) is 6.92. The molecule has 0 unspecified atom stereocenters. The largest absolute Gasteiger partial charge is 0.294 e. The maximum Gasteiger partial charge on any atom is 0.212 e. The molecule has 4 rings (SSSR count). The Balaban J connectivity index is 2.06. The summed E-state index contributed by atoms with van der Waals surface area (Å²) >= 11 is 0. The number of hydrogen-bond donors (Lipinski definition) is 0. The van der Waals surface area contributed by atoms with Crippen LogP contribution in [0.2, 0.25) is 0 Å². The van der Waals surface area contributed by atoms with Crippen LogP contribution in [-0.4, -0.2) is 22.3 Å². The van der Waals surface area contributed by atoms with Gasteiger partial charge in [0.15, 0.2) is 11.6 Å². The molecule has 4 heteroatoms. The van der Waals surface area contributed by atoms with Crippen molar-refractivity contribution < 1.29 is 14.4 Å². The first-order chi connectivity index (χ1) is 10.2. The van der Waals surface area contributed by atoms with E-state index in [2.05, 4.69) is 4.98 Å². The van der Waals surface area contributed by atoms with E-state index in [4.69, 9.17) is 0 Å². The first kappa shape index (κ1) is 12.1. The van der Waals surface area contributed by atoms with Gasteiger partial charge in [-0.2, -0.15) is 0 Å². The van der Waals surface area contributed by atoms with Crippen molar-refractivity contribution in [3.8, 4) is 0 Å². The second-order valence-electron chi connectivity index (χ2n) is 5.36. The van der Waals surface area contributed by atoms with Gasteiger partial charge in [-0.1, -0.05) is 24.3 Å². The lowest BCUT2D eigenvalue weighted by molar-refractivity contribution is 0.0947. The van der Waals surface area contributed by atoms with E-state index in [1.807, 2.05) is 0 Å². The second kappa shape index (κ2) is 4.19. The minimum atomic E-state index is -0.277. The van der Waals surface area contributed by atoms with Crippen LogP contribution >= 0.6 is 0 Å². The number of benzene rings is 1. The number of aryl methyl sites for hydroxylation is 1. The zero-order chi connectivity index (χ0) is 14.6. The van der Waals surface area contributed by atoms with Crippen LogP contribution in [0.3, 0.4) is 0 Å². The van der Waals surface area contributed by atoms with Crippen molar-refractivity contribution in [1.82, 2.24) is 4.98 Å². The topological polar surface area (TPSA) is 64.1 Å². The molecule has 0 atom stereocenters. The van der Waals surface area contributed by atoms with Crippen molar-refractivity contribution in [2.24, 2.45) is 0 Å². The molecular weight excluding hydrogens is 266 g/mol. The van der Waals surface area contributed by atoms with Crippen molar-refractivity contribution in [2.45, 2.75) is 19.3 Å². The predicted molar refractivity (Wildman–Crippen MR) is 74.8 cm³/mol. The van der Waals surface area contributed by atoms with Crippen molar-refractivity contribution in [3.05, 3.63) is 64.0 Å². The Hall–Kier alpha value is -2.62. The Kier molecular flexibility index (Phi) is 2.42. The van der Waals surface area contributed by atoms with Crippen LogP contribution in [0.15, 0.2) is 30.5 Å². The molecule has 1 heterocycles. The molecule has 0 amide bonds. The molecule has 0 saturated carbocycles. The summed E-state index contributed by atoms with van der Waals surface area (Å²) in [6.07, 6.45) is 3.49. The van der Waals surface area contributed by atoms with Gasteiger partial charge in [0.1, 0.15) is 5.69 Å². The highest BCUT2D eigenvalue weighted by Gasteiger charge is 2.36. The lowest BCUT2D eigenvalue weighted by atomic mass is 9.79. The number of ketones is 3. The Bertz CT molecular complexity index is 836. The second-order valence-corrected chi connectivity index (χ2v) is 5.36. The third kappa shape index (κ3) is 1.56. The van der Waals surface area contributed by atoms with E-state index in [0.29, 0.717) is 23.1 Å². The highest BCUT2D eigenvalue weighted by atomic mass is 16.1. The molecule has 0 radical (unpaired) electrons. The Morgan fingerprint density at radius 2 is 1.57 bits per heavy atom. The Morgan fingerprint density at radius 3 is 2.33 bits per heavy atom. The zero-order valence-electron chi connectivity index (χ0n) is 11.2. The Labute approximate surface area is 120 Å². The van der Waals surface area contributed by atoms with Gasteiger partial charge in [0.05, 0.1) is 5.56 Å². The molecule has 21 heavy (non-hydrogen) atoms. The average Bonchev–Trinajstić information content (AvgIpc) is 2.52. The van der Waals surface area contributed by atoms with Gasteiger partial charge in [-0.25, -0.2) is 0 Å². The molecule has 2 aliphatic rings. The van der Waals surface area contributed by atoms with Gasteiger partial charge in [0.2, 0.25) is 5.78 Å². The van der Waals surface area contributed by atoms with E-state index in [0.717, 1.165) is 18.4 Å². The van der Waals surface area contributed by atoms with Crippen LogP contribution in [0.1, 0.15) is 60.7 Å². The molecule has 2 aromatic rings. The number of fused-ring (bicyclic) bond motifs is 4. The minimum absolute atomic E-state index is 0.0598. The molecule has 4 nitrogen and oxygen atoms in total. The van der Waals surface area contributed by atoms with Gasteiger partial charge in [-0.15, -0.1) is 0 Å². The van der Waals surface area contributed by atoms with Crippen LogP contribution in [0, 0.1) is 0 Å². The van der Waals surface area contributed by atoms with Gasteiger partial charge in [0, 0.05) is 29.3 Å². The molecule has 0 spiro atoms. The number of pyridine rings is 1. The molecular formula is C17H11NO3. The third-order valence-electron chi connectivity index (χ3n) is 4.14. The van der Waals surface area contributed by atoms with Gasteiger partial charge in [0.25, 0.3) is 0 Å². The van der Waals surface area contributed by atoms with Crippen molar-refractivity contribution in [3.63, 3.8) is 0 Å². The van der Waals surface area contributed by atoms with E-state index in [1.54, 1.807) is 30.5 Å². The van der Waals surface area contributed by atoms with E-state index < -0.39 is 0 Å². The standard InChI is InChI=1S/C17H11NO3/c19-12-7-3-4-9-8-18-15-14(13(9)12)16(20)10-5-1-2-6-11(10)17(15)21/h1-2,5-6,8H,3-4,7H2. The smallest absolute Gasteiger partial charge is 0.212 e. The summed E-state index contributed by atoms with van der Waals surface area (Å²) in [5.74, 6) is -0.600. The van der Waals surface area contributed by atoms with Crippen LogP contribution in [0.5, 0.6) is 0 Å². The SMILES string of the molecule is O=C1c2ccccc2C(=O)c2c1ncc1c2C(=O)CCC1. The number of carbonyl (C=O) groups is 3.